The van der Waals surface area contributed by atoms with E-state index in [1.807, 2.05) is 44.2 Å². The summed E-state index contributed by atoms with van der Waals surface area (Å²) in [5, 5.41) is 0.684. The zero-order chi connectivity index (χ0) is 19.8. The lowest BCUT2D eigenvalue weighted by Crippen LogP contribution is -2.30. The van der Waals surface area contributed by atoms with Crippen LogP contribution < -0.4 is 4.90 Å². The number of furan rings is 1. The second kappa shape index (κ2) is 7.24. The molecule has 0 N–H and O–H groups in total. The Morgan fingerprint density at radius 1 is 1.04 bits per heavy atom. The van der Waals surface area contributed by atoms with Gasteiger partial charge in [-0.3, -0.25) is 9.69 Å². The molecule has 5 heteroatoms. The Morgan fingerprint density at radius 2 is 1.86 bits per heavy atom. The van der Waals surface area contributed by atoms with Crippen LogP contribution in [0, 0.1) is 27.7 Å². The quantitative estimate of drug-likeness (QED) is 0.431. The Bertz CT molecular complexity index is 1160. The van der Waals surface area contributed by atoms with Crippen LogP contribution in [0.4, 0.5) is 5.13 Å². The lowest BCUT2D eigenvalue weighted by molar-refractivity contribution is 0.0983. The summed E-state index contributed by atoms with van der Waals surface area (Å²) in [5.74, 6) is 0.650. The summed E-state index contributed by atoms with van der Waals surface area (Å²) in [6, 6.07) is 13.8. The number of nitrogens with zero attached hydrogens (tertiary/aromatic N) is 2. The predicted molar refractivity (Wildman–Crippen MR) is 114 cm³/mol. The summed E-state index contributed by atoms with van der Waals surface area (Å²) in [7, 11) is 0. The minimum absolute atomic E-state index is 0.0760. The minimum Gasteiger partial charge on any atom is -0.467 e. The summed E-state index contributed by atoms with van der Waals surface area (Å²) >= 11 is 1.54. The van der Waals surface area contributed by atoms with Crippen LogP contribution in [0.2, 0.25) is 0 Å². The summed E-state index contributed by atoms with van der Waals surface area (Å²) in [6.45, 7) is 8.54. The van der Waals surface area contributed by atoms with E-state index in [9.17, 15) is 4.79 Å². The van der Waals surface area contributed by atoms with Crippen LogP contribution in [-0.2, 0) is 6.54 Å². The van der Waals surface area contributed by atoms with Crippen molar-refractivity contribution in [3.05, 3.63) is 82.3 Å². The molecule has 0 atom stereocenters. The molecule has 4 rings (SSSR count). The van der Waals surface area contributed by atoms with Crippen LogP contribution >= 0.6 is 11.3 Å². The van der Waals surface area contributed by atoms with E-state index >= 15 is 0 Å². The monoisotopic (exact) mass is 390 g/mol. The molecule has 0 aliphatic heterocycles. The first kappa shape index (κ1) is 18.4. The Hall–Kier alpha value is -2.92. The van der Waals surface area contributed by atoms with Gasteiger partial charge < -0.3 is 4.42 Å². The van der Waals surface area contributed by atoms with Gasteiger partial charge in [0, 0.05) is 5.56 Å². The number of carbonyl (C=O) groups excluding carboxylic acids is 1. The van der Waals surface area contributed by atoms with Gasteiger partial charge in [-0.05, 0) is 80.3 Å². The lowest BCUT2D eigenvalue weighted by atomic mass is 10.1. The van der Waals surface area contributed by atoms with Crippen LogP contribution in [-0.4, -0.2) is 10.9 Å². The smallest absolute Gasteiger partial charge is 0.260 e. The molecule has 0 unspecified atom stereocenters. The number of fused-ring (bicyclic) bond motifs is 1. The van der Waals surface area contributed by atoms with Crippen LogP contribution in [0.15, 0.2) is 53.1 Å². The Labute approximate surface area is 168 Å². The second-order valence-corrected chi connectivity index (χ2v) is 8.20. The number of rotatable bonds is 4. The third-order valence-corrected chi connectivity index (χ3v) is 5.97. The van der Waals surface area contributed by atoms with Gasteiger partial charge in [-0.2, -0.15) is 0 Å². The van der Waals surface area contributed by atoms with Crippen molar-refractivity contribution >= 4 is 32.6 Å². The molecule has 4 aromatic rings. The number of benzene rings is 2. The highest BCUT2D eigenvalue weighted by atomic mass is 32.1. The average Bonchev–Trinajstić information content (AvgIpc) is 3.31. The highest BCUT2D eigenvalue weighted by Gasteiger charge is 2.23. The Kier molecular flexibility index (Phi) is 4.77. The number of carbonyl (C=O) groups is 1. The van der Waals surface area contributed by atoms with E-state index in [2.05, 4.69) is 26.0 Å². The highest BCUT2D eigenvalue weighted by Crippen LogP contribution is 2.33. The molecule has 2 heterocycles. The van der Waals surface area contributed by atoms with E-state index in [0.29, 0.717) is 17.2 Å². The number of hydrogen-bond acceptors (Lipinski definition) is 4. The van der Waals surface area contributed by atoms with Crippen LogP contribution in [0.1, 0.15) is 38.4 Å². The Morgan fingerprint density at radius 3 is 2.57 bits per heavy atom. The highest BCUT2D eigenvalue weighted by molar-refractivity contribution is 7.22. The molecule has 1 amide bonds. The van der Waals surface area contributed by atoms with Gasteiger partial charge in [0.05, 0.1) is 23.0 Å². The topological polar surface area (TPSA) is 46.3 Å². The molecule has 0 saturated heterocycles. The van der Waals surface area contributed by atoms with Gasteiger partial charge in [-0.15, -0.1) is 0 Å². The maximum absolute atomic E-state index is 13.4. The zero-order valence-corrected chi connectivity index (χ0v) is 17.3. The molecule has 142 valence electrons. The molecule has 2 aromatic carbocycles. The number of amides is 1. The molecule has 2 aromatic heterocycles. The molecule has 0 spiro atoms. The predicted octanol–water partition coefficient (Wildman–Crippen LogP) is 5.97. The van der Waals surface area contributed by atoms with E-state index in [1.165, 1.54) is 22.5 Å². The van der Waals surface area contributed by atoms with E-state index in [0.717, 1.165) is 27.1 Å². The standard InChI is InChI=1S/C23H22N2O2S/c1-14-10-17(4)21-20(11-14)28-23(24-21)25(13-19-6-5-9-27-19)22(26)18-8-7-15(2)16(3)12-18/h5-12H,13H2,1-4H3. The molecular weight excluding hydrogens is 368 g/mol. The summed E-state index contributed by atoms with van der Waals surface area (Å²) in [6.07, 6.45) is 1.62. The normalized spacial score (nSPS) is 11.1. The van der Waals surface area contributed by atoms with Crippen molar-refractivity contribution in [3.8, 4) is 0 Å². The summed E-state index contributed by atoms with van der Waals surface area (Å²) < 4.78 is 6.60. The first-order valence-corrected chi connectivity index (χ1v) is 10.0. The van der Waals surface area contributed by atoms with Gasteiger partial charge in [-0.25, -0.2) is 4.98 Å². The number of hydrogen-bond donors (Lipinski definition) is 0. The van der Waals surface area contributed by atoms with E-state index in [1.54, 1.807) is 11.2 Å². The van der Waals surface area contributed by atoms with Gasteiger partial charge in [0.15, 0.2) is 5.13 Å². The minimum atomic E-state index is -0.0760. The number of aryl methyl sites for hydroxylation is 4. The third kappa shape index (κ3) is 3.45. The van der Waals surface area contributed by atoms with Gasteiger partial charge in [-0.1, -0.05) is 23.5 Å². The van der Waals surface area contributed by atoms with Crippen molar-refractivity contribution in [1.29, 1.82) is 0 Å². The molecule has 28 heavy (non-hydrogen) atoms. The van der Waals surface area contributed by atoms with Crippen molar-refractivity contribution < 1.29 is 9.21 Å². The molecule has 0 bridgehead atoms. The van der Waals surface area contributed by atoms with Gasteiger partial charge >= 0.3 is 0 Å². The summed E-state index contributed by atoms with van der Waals surface area (Å²) in [4.78, 5) is 19.9. The maximum Gasteiger partial charge on any atom is 0.260 e. The fourth-order valence-corrected chi connectivity index (χ4v) is 4.43. The fourth-order valence-electron chi connectivity index (χ4n) is 3.29. The van der Waals surface area contributed by atoms with Crippen LogP contribution in [0.5, 0.6) is 0 Å². The third-order valence-electron chi connectivity index (χ3n) is 4.94. The molecule has 0 aliphatic rings. The summed E-state index contributed by atoms with van der Waals surface area (Å²) in [5.41, 5.74) is 6.18. The maximum atomic E-state index is 13.4. The Balaban J connectivity index is 1.80. The van der Waals surface area contributed by atoms with E-state index < -0.39 is 0 Å². The SMILES string of the molecule is Cc1cc(C)c2nc(N(Cc3ccco3)C(=O)c3ccc(C)c(C)c3)sc2c1. The van der Waals surface area contributed by atoms with Crippen molar-refractivity contribution in [2.75, 3.05) is 4.90 Å². The fraction of sp³-hybridized carbons (Fsp3) is 0.217. The molecular formula is C23H22N2O2S. The molecule has 0 aliphatic carbocycles. The molecule has 0 fully saturated rings. The largest absolute Gasteiger partial charge is 0.467 e. The van der Waals surface area contributed by atoms with Crippen molar-refractivity contribution in [1.82, 2.24) is 4.98 Å². The van der Waals surface area contributed by atoms with Crippen molar-refractivity contribution in [2.45, 2.75) is 34.2 Å². The first-order chi connectivity index (χ1) is 13.4. The van der Waals surface area contributed by atoms with E-state index in [4.69, 9.17) is 9.40 Å². The molecule has 0 radical (unpaired) electrons. The lowest BCUT2D eigenvalue weighted by Gasteiger charge is -2.19. The number of aromatic nitrogens is 1. The number of thiazole rings is 1. The second-order valence-electron chi connectivity index (χ2n) is 7.19. The zero-order valence-electron chi connectivity index (χ0n) is 16.4. The van der Waals surface area contributed by atoms with Gasteiger partial charge in [0.25, 0.3) is 5.91 Å². The van der Waals surface area contributed by atoms with Gasteiger partial charge in [0.1, 0.15) is 5.76 Å². The molecule has 0 saturated carbocycles. The van der Waals surface area contributed by atoms with E-state index in [-0.39, 0.29) is 5.91 Å². The van der Waals surface area contributed by atoms with Crippen LogP contribution in [0.3, 0.4) is 0 Å². The van der Waals surface area contributed by atoms with Crippen LogP contribution in [0.25, 0.3) is 10.2 Å². The first-order valence-electron chi connectivity index (χ1n) is 9.21. The average molecular weight is 391 g/mol. The number of anilines is 1. The molecule has 4 nitrogen and oxygen atoms in total. The van der Waals surface area contributed by atoms with Crippen molar-refractivity contribution in [2.24, 2.45) is 0 Å². The van der Waals surface area contributed by atoms with Gasteiger partial charge in [0.2, 0.25) is 0 Å². The van der Waals surface area contributed by atoms with Crippen molar-refractivity contribution in [3.63, 3.8) is 0 Å².